The second-order valence-corrected chi connectivity index (χ2v) is 6.99. The Hall–Kier alpha value is -1.40. The van der Waals surface area contributed by atoms with Crippen molar-refractivity contribution in [3.63, 3.8) is 0 Å². The molecule has 6 heteroatoms. The molecule has 3 amide bonds. The van der Waals surface area contributed by atoms with Crippen molar-refractivity contribution >= 4 is 33.6 Å². The maximum atomic E-state index is 12.0. The monoisotopic (exact) mass is 381 g/mol. The molecule has 2 N–H and O–H groups in total. The van der Waals surface area contributed by atoms with Crippen LogP contribution in [0.4, 0.5) is 10.5 Å². The molecule has 126 valence electrons. The number of carbonyl (C=O) groups excluding carboxylic acids is 2. The maximum absolute atomic E-state index is 12.0. The van der Waals surface area contributed by atoms with Crippen LogP contribution in [0.2, 0.25) is 0 Å². The van der Waals surface area contributed by atoms with E-state index in [4.69, 9.17) is 0 Å². The summed E-state index contributed by atoms with van der Waals surface area (Å²) >= 11 is 3.33. The predicted octanol–water partition coefficient (Wildman–Crippen LogP) is 3.75. The molecule has 0 radical (unpaired) electrons. The molecule has 0 saturated heterocycles. The lowest BCUT2D eigenvalue weighted by Gasteiger charge is -2.26. The zero-order chi connectivity index (χ0) is 16.7. The highest BCUT2D eigenvalue weighted by atomic mass is 79.9. The van der Waals surface area contributed by atoms with E-state index in [0.717, 1.165) is 17.3 Å². The van der Waals surface area contributed by atoms with Gasteiger partial charge in [0.1, 0.15) is 0 Å². The average Bonchev–Trinajstić information content (AvgIpc) is 2.78. The van der Waals surface area contributed by atoms with E-state index < -0.39 is 6.03 Å². The van der Waals surface area contributed by atoms with Crippen LogP contribution in [0.1, 0.15) is 38.5 Å². The molecule has 1 aliphatic carbocycles. The summed E-state index contributed by atoms with van der Waals surface area (Å²) in [5.74, 6) is -0.272. The third kappa shape index (κ3) is 6.31. The highest BCUT2D eigenvalue weighted by Crippen LogP contribution is 2.20. The van der Waals surface area contributed by atoms with E-state index in [2.05, 4.69) is 31.5 Å². The second kappa shape index (κ2) is 9.03. The molecule has 0 heterocycles. The van der Waals surface area contributed by atoms with Crippen molar-refractivity contribution in [2.45, 2.75) is 44.6 Å². The molecular formula is C17H24BrN3O2. The highest BCUT2D eigenvalue weighted by Gasteiger charge is 2.19. The molecule has 0 spiro atoms. The normalized spacial score (nSPS) is 16.0. The highest BCUT2D eigenvalue weighted by molar-refractivity contribution is 9.10. The van der Waals surface area contributed by atoms with Crippen LogP contribution < -0.4 is 10.6 Å². The summed E-state index contributed by atoms with van der Waals surface area (Å²) in [4.78, 5) is 25.9. The van der Waals surface area contributed by atoms with Gasteiger partial charge in [0.2, 0.25) is 5.91 Å². The van der Waals surface area contributed by atoms with Crippen molar-refractivity contribution in [3.8, 4) is 0 Å². The number of nitrogens with zero attached hydrogens (tertiary/aromatic N) is 1. The van der Waals surface area contributed by atoms with E-state index >= 15 is 0 Å². The van der Waals surface area contributed by atoms with E-state index in [1.807, 2.05) is 19.2 Å². The molecule has 1 saturated carbocycles. The molecule has 23 heavy (non-hydrogen) atoms. The van der Waals surface area contributed by atoms with Gasteiger partial charge in [-0.25, -0.2) is 4.79 Å². The standard InChI is InChI=1S/C17H24BrN3O2/c1-21(15-6-4-2-3-5-7-15)12-16(22)20-17(23)19-14-10-8-13(18)9-11-14/h8-11,15H,2-7,12H2,1H3,(H2,19,20,22,23). The topological polar surface area (TPSA) is 61.4 Å². The molecular weight excluding hydrogens is 358 g/mol. The van der Waals surface area contributed by atoms with Crippen LogP contribution in [0.15, 0.2) is 28.7 Å². The lowest BCUT2D eigenvalue weighted by atomic mass is 10.1. The minimum Gasteiger partial charge on any atom is -0.308 e. The third-order valence-electron chi connectivity index (χ3n) is 4.20. The fraction of sp³-hybridized carbons (Fsp3) is 0.529. The number of halogens is 1. The number of urea groups is 1. The summed E-state index contributed by atoms with van der Waals surface area (Å²) in [6.07, 6.45) is 7.28. The maximum Gasteiger partial charge on any atom is 0.325 e. The van der Waals surface area contributed by atoms with Crippen LogP contribution in [0, 0.1) is 0 Å². The minimum atomic E-state index is -0.494. The number of hydrogen-bond acceptors (Lipinski definition) is 3. The minimum absolute atomic E-state index is 0.248. The number of carbonyl (C=O) groups is 2. The number of nitrogens with one attached hydrogen (secondary N) is 2. The molecule has 1 aromatic carbocycles. The van der Waals surface area contributed by atoms with Crippen LogP contribution in [0.25, 0.3) is 0 Å². The fourth-order valence-electron chi connectivity index (χ4n) is 2.92. The summed E-state index contributed by atoms with van der Waals surface area (Å²) in [6, 6.07) is 7.15. The summed E-state index contributed by atoms with van der Waals surface area (Å²) < 4.78 is 0.935. The number of likely N-dealkylation sites (N-methyl/N-ethyl adjacent to an activating group) is 1. The average molecular weight is 382 g/mol. The van der Waals surface area contributed by atoms with Gasteiger partial charge in [-0.15, -0.1) is 0 Å². The summed E-state index contributed by atoms with van der Waals surface area (Å²) in [5, 5.41) is 5.04. The molecule has 2 rings (SSSR count). The van der Waals surface area contributed by atoms with Crippen molar-refractivity contribution in [3.05, 3.63) is 28.7 Å². The third-order valence-corrected chi connectivity index (χ3v) is 4.72. The van der Waals surface area contributed by atoms with Gasteiger partial charge in [0.15, 0.2) is 0 Å². The first kappa shape index (κ1) is 17.9. The van der Waals surface area contributed by atoms with Gasteiger partial charge >= 0.3 is 6.03 Å². The number of imide groups is 1. The zero-order valence-corrected chi connectivity index (χ0v) is 15.1. The van der Waals surface area contributed by atoms with E-state index in [9.17, 15) is 9.59 Å². The van der Waals surface area contributed by atoms with E-state index in [1.54, 1.807) is 12.1 Å². The lowest BCUT2D eigenvalue weighted by Crippen LogP contribution is -2.43. The molecule has 0 bridgehead atoms. The molecule has 1 aliphatic rings. The van der Waals surface area contributed by atoms with Crippen molar-refractivity contribution in [2.75, 3.05) is 18.9 Å². The number of amides is 3. The van der Waals surface area contributed by atoms with Gasteiger partial charge in [-0.05, 0) is 44.2 Å². The molecule has 0 aliphatic heterocycles. The molecule has 1 aromatic rings. The van der Waals surface area contributed by atoms with Crippen LogP contribution in [-0.2, 0) is 4.79 Å². The van der Waals surface area contributed by atoms with E-state index in [-0.39, 0.29) is 12.5 Å². The van der Waals surface area contributed by atoms with Gasteiger partial charge < -0.3 is 5.32 Å². The number of rotatable bonds is 4. The van der Waals surface area contributed by atoms with E-state index in [1.165, 1.54) is 25.7 Å². The number of anilines is 1. The van der Waals surface area contributed by atoms with Gasteiger partial charge in [0, 0.05) is 16.2 Å². The zero-order valence-electron chi connectivity index (χ0n) is 13.5. The van der Waals surface area contributed by atoms with Gasteiger partial charge in [-0.1, -0.05) is 41.6 Å². The molecule has 5 nitrogen and oxygen atoms in total. The Morgan fingerprint density at radius 1 is 1.13 bits per heavy atom. The Bertz CT molecular complexity index is 525. The SMILES string of the molecule is CN(CC(=O)NC(=O)Nc1ccc(Br)cc1)C1CCCCCC1. The quantitative estimate of drug-likeness (QED) is 0.780. The van der Waals surface area contributed by atoms with Crippen LogP contribution in [0.3, 0.4) is 0 Å². The first-order chi connectivity index (χ1) is 11.0. The Balaban J connectivity index is 1.76. The Morgan fingerprint density at radius 2 is 1.74 bits per heavy atom. The lowest BCUT2D eigenvalue weighted by molar-refractivity contribution is -0.121. The van der Waals surface area contributed by atoms with Crippen molar-refractivity contribution < 1.29 is 9.59 Å². The van der Waals surface area contributed by atoms with Gasteiger partial charge in [-0.3, -0.25) is 15.0 Å². The van der Waals surface area contributed by atoms with Gasteiger partial charge in [-0.2, -0.15) is 0 Å². The molecule has 0 aromatic heterocycles. The van der Waals surface area contributed by atoms with Gasteiger partial charge in [0.25, 0.3) is 0 Å². The molecule has 0 atom stereocenters. The second-order valence-electron chi connectivity index (χ2n) is 6.07. The summed E-state index contributed by atoms with van der Waals surface area (Å²) in [5.41, 5.74) is 0.649. The van der Waals surface area contributed by atoms with Crippen molar-refractivity contribution in [1.82, 2.24) is 10.2 Å². The van der Waals surface area contributed by atoms with Crippen LogP contribution in [-0.4, -0.2) is 36.5 Å². The first-order valence-corrected chi connectivity index (χ1v) is 8.90. The van der Waals surface area contributed by atoms with Crippen LogP contribution >= 0.6 is 15.9 Å². The number of hydrogen-bond donors (Lipinski definition) is 2. The largest absolute Gasteiger partial charge is 0.325 e. The van der Waals surface area contributed by atoms with Gasteiger partial charge in [0.05, 0.1) is 6.54 Å². The van der Waals surface area contributed by atoms with Crippen molar-refractivity contribution in [1.29, 1.82) is 0 Å². The predicted molar refractivity (Wildman–Crippen MR) is 95.4 cm³/mol. The smallest absolute Gasteiger partial charge is 0.308 e. The Labute approximate surface area is 145 Å². The number of benzene rings is 1. The molecule has 0 unspecified atom stereocenters. The molecule has 1 fully saturated rings. The Kier molecular flexibility index (Phi) is 7.05. The fourth-order valence-corrected chi connectivity index (χ4v) is 3.18. The summed E-state index contributed by atoms with van der Waals surface area (Å²) in [6.45, 7) is 0.248. The Morgan fingerprint density at radius 3 is 2.35 bits per heavy atom. The summed E-state index contributed by atoms with van der Waals surface area (Å²) in [7, 11) is 1.96. The van der Waals surface area contributed by atoms with E-state index in [0.29, 0.717) is 11.7 Å². The van der Waals surface area contributed by atoms with Crippen molar-refractivity contribution in [2.24, 2.45) is 0 Å². The van der Waals surface area contributed by atoms with Crippen LogP contribution in [0.5, 0.6) is 0 Å². The first-order valence-electron chi connectivity index (χ1n) is 8.11.